The first-order chi connectivity index (χ1) is 14.0. The molecule has 2 heterocycles. The lowest BCUT2D eigenvalue weighted by Gasteiger charge is -2.13. The molecule has 9 nitrogen and oxygen atoms in total. The molecule has 0 saturated carbocycles. The normalized spacial score (nSPS) is 11.7. The van der Waals surface area contributed by atoms with Gasteiger partial charge in [-0.25, -0.2) is 4.68 Å². The first kappa shape index (κ1) is 20.0. The predicted octanol–water partition coefficient (Wildman–Crippen LogP) is 2.30. The molecule has 2 aromatic heterocycles. The van der Waals surface area contributed by atoms with E-state index in [1.54, 1.807) is 54.3 Å². The summed E-state index contributed by atoms with van der Waals surface area (Å²) in [6.07, 6.45) is 4.06. The van der Waals surface area contributed by atoms with Crippen molar-refractivity contribution in [2.75, 3.05) is 10.6 Å². The number of aryl methyl sites for hydroxylation is 1. The third-order valence-corrected chi connectivity index (χ3v) is 4.22. The van der Waals surface area contributed by atoms with Crippen LogP contribution in [0.2, 0.25) is 0 Å². The molecule has 0 spiro atoms. The van der Waals surface area contributed by atoms with E-state index in [-0.39, 0.29) is 17.2 Å². The fourth-order valence-electron chi connectivity index (χ4n) is 2.69. The minimum atomic E-state index is -0.480. The summed E-state index contributed by atoms with van der Waals surface area (Å²) in [5.74, 6) is -0.672. The second kappa shape index (κ2) is 8.96. The number of anilines is 2. The molecule has 29 heavy (non-hydrogen) atoms. The summed E-state index contributed by atoms with van der Waals surface area (Å²) in [6, 6.07) is 10.8. The lowest BCUT2D eigenvalue weighted by atomic mass is 10.2. The van der Waals surface area contributed by atoms with Crippen molar-refractivity contribution in [1.82, 2.24) is 19.6 Å². The Hall–Kier alpha value is -3.75. The molecule has 0 bridgehead atoms. The molecule has 150 valence electrons. The molecule has 0 aliphatic carbocycles. The molecule has 9 heteroatoms. The van der Waals surface area contributed by atoms with Crippen molar-refractivity contribution in [2.45, 2.75) is 32.9 Å². The maximum Gasteiger partial charge on any atom is 0.276 e. The second-order valence-electron chi connectivity index (χ2n) is 6.47. The van der Waals surface area contributed by atoms with E-state index in [2.05, 4.69) is 20.8 Å². The molecule has 0 fully saturated rings. The van der Waals surface area contributed by atoms with E-state index in [0.29, 0.717) is 17.9 Å². The monoisotopic (exact) mass is 394 g/mol. The Labute approximate surface area is 167 Å². The van der Waals surface area contributed by atoms with Crippen molar-refractivity contribution in [3.05, 3.63) is 70.9 Å². The van der Waals surface area contributed by atoms with E-state index in [1.807, 2.05) is 6.92 Å². The lowest BCUT2D eigenvalue weighted by Crippen LogP contribution is -2.26. The molecule has 1 aromatic carbocycles. The smallest absolute Gasteiger partial charge is 0.276 e. The summed E-state index contributed by atoms with van der Waals surface area (Å²) in [5.41, 5.74) is 0.921. The SMILES string of the molecule is CCCn1nc(C(=O)Nc2cccc(NC(=O)C(C)n3cccn3)c2)ccc1=O. The van der Waals surface area contributed by atoms with Gasteiger partial charge in [-0.05, 0) is 43.7 Å². The fraction of sp³-hybridized carbons (Fsp3) is 0.250. The number of carbonyl (C=O) groups excluding carboxylic acids is 2. The van der Waals surface area contributed by atoms with E-state index < -0.39 is 11.9 Å². The number of carbonyl (C=O) groups is 2. The highest BCUT2D eigenvalue weighted by Crippen LogP contribution is 2.17. The standard InChI is InChI=1S/C20H22N6O3/c1-3-11-26-18(27)9-8-17(24-26)20(29)23-16-7-4-6-15(13-16)22-19(28)14(2)25-12-5-10-21-25/h4-10,12-14H,3,11H2,1-2H3,(H,22,28)(H,23,29). The highest BCUT2D eigenvalue weighted by molar-refractivity contribution is 6.03. The third-order valence-electron chi connectivity index (χ3n) is 4.22. The van der Waals surface area contributed by atoms with E-state index in [9.17, 15) is 14.4 Å². The molecular formula is C20H22N6O3. The Kier molecular flexibility index (Phi) is 6.18. The van der Waals surface area contributed by atoms with Crippen molar-refractivity contribution in [3.8, 4) is 0 Å². The fourth-order valence-corrected chi connectivity index (χ4v) is 2.69. The second-order valence-corrected chi connectivity index (χ2v) is 6.47. The quantitative estimate of drug-likeness (QED) is 0.639. The summed E-state index contributed by atoms with van der Waals surface area (Å²) in [5, 5.41) is 13.7. The number of hydrogen-bond donors (Lipinski definition) is 2. The zero-order valence-electron chi connectivity index (χ0n) is 16.2. The van der Waals surface area contributed by atoms with Gasteiger partial charge in [0.25, 0.3) is 11.5 Å². The number of aromatic nitrogens is 4. The first-order valence-electron chi connectivity index (χ1n) is 9.27. The van der Waals surface area contributed by atoms with Crippen LogP contribution in [0.25, 0.3) is 0 Å². The van der Waals surface area contributed by atoms with Crippen LogP contribution < -0.4 is 16.2 Å². The van der Waals surface area contributed by atoms with Crippen molar-refractivity contribution in [2.24, 2.45) is 0 Å². The number of benzene rings is 1. The van der Waals surface area contributed by atoms with Crippen LogP contribution in [0.3, 0.4) is 0 Å². The van der Waals surface area contributed by atoms with Gasteiger partial charge in [-0.2, -0.15) is 10.2 Å². The summed E-state index contributed by atoms with van der Waals surface area (Å²) in [4.78, 5) is 36.6. The van der Waals surface area contributed by atoms with Crippen LogP contribution in [0.4, 0.5) is 11.4 Å². The van der Waals surface area contributed by atoms with Crippen molar-refractivity contribution >= 4 is 23.2 Å². The average molecular weight is 394 g/mol. The van der Waals surface area contributed by atoms with Gasteiger partial charge in [0, 0.05) is 36.4 Å². The molecule has 0 aliphatic rings. The van der Waals surface area contributed by atoms with E-state index in [0.717, 1.165) is 6.42 Å². The minimum Gasteiger partial charge on any atom is -0.324 e. The molecule has 0 aliphatic heterocycles. The van der Waals surface area contributed by atoms with Crippen LogP contribution in [0, 0.1) is 0 Å². The molecular weight excluding hydrogens is 372 g/mol. The molecule has 0 radical (unpaired) electrons. The number of nitrogens with zero attached hydrogens (tertiary/aromatic N) is 4. The van der Waals surface area contributed by atoms with E-state index in [1.165, 1.54) is 16.8 Å². The van der Waals surface area contributed by atoms with E-state index >= 15 is 0 Å². The molecule has 0 saturated heterocycles. The Balaban J connectivity index is 1.69. The van der Waals surface area contributed by atoms with Gasteiger partial charge in [0.05, 0.1) is 0 Å². The van der Waals surface area contributed by atoms with Crippen LogP contribution in [-0.2, 0) is 11.3 Å². The van der Waals surface area contributed by atoms with Gasteiger partial charge in [-0.3, -0.25) is 19.1 Å². The van der Waals surface area contributed by atoms with Gasteiger partial charge < -0.3 is 10.6 Å². The molecule has 1 unspecified atom stereocenters. The van der Waals surface area contributed by atoms with Gasteiger partial charge in [0.1, 0.15) is 11.7 Å². The van der Waals surface area contributed by atoms with Crippen molar-refractivity contribution in [1.29, 1.82) is 0 Å². The van der Waals surface area contributed by atoms with Gasteiger partial charge in [-0.1, -0.05) is 13.0 Å². The summed E-state index contributed by atoms with van der Waals surface area (Å²) in [7, 11) is 0. The van der Waals surface area contributed by atoms with Crippen LogP contribution in [0.5, 0.6) is 0 Å². The van der Waals surface area contributed by atoms with Crippen LogP contribution in [0.15, 0.2) is 59.7 Å². The van der Waals surface area contributed by atoms with E-state index in [4.69, 9.17) is 0 Å². The van der Waals surface area contributed by atoms with Crippen molar-refractivity contribution in [3.63, 3.8) is 0 Å². The van der Waals surface area contributed by atoms with Crippen LogP contribution in [-0.4, -0.2) is 31.4 Å². The molecule has 1 atom stereocenters. The van der Waals surface area contributed by atoms with Gasteiger partial charge >= 0.3 is 0 Å². The Morgan fingerprint density at radius 3 is 2.55 bits per heavy atom. The summed E-state index contributed by atoms with van der Waals surface area (Å²) in [6.45, 7) is 4.11. The topological polar surface area (TPSA) is 111 Å². The van der Waals surface area contributed by atoms with Crippen LogP contribution >= 0.6 is 0 Å². The maximum absolute atomic E-state index is 12.5. The zero-order chi connectivity index (χ0) is 20.8. The number of nitrogens with one attached hydrogen (secondary N) is 2. The highest BCUT2D eigenvalue weighted by Gasteiger charge is 2.15. The van der Waals surface area contributed by atoms with Crippen molar-refractivity contribution < 1.29 is 9.59 Å². The first-order valence-corrected chi connectivity index (χ1v) is 9.27. The zero-order valence-corrected chi connectivity index (χ0v) is 16.2. The molecule has 2 N–H and O–H groups in total. The van der Waals surface area contributed by atoms with Crippen LogP contribution in [0.1, 0.15) is 36.8 Å². The predicted molar refractivity (Wildman–Crippen MR) is 109 cm³/mol. The molecule has 2 amide bonds. The number of amides is 2. The third kappa shape index (κ3) is 4.95. The lowest BCUT2D eigenvalue weighted by molar-refractivity contribution is -0.119. The Morgan fingerprint density at radius 1 is 1.10 bits per heavy atom. The summed E-state index contributed by atoms with van der Waals surface area (Å²) >= 11 is 0. The minimum absolute atomic E-state index is 0.139. The molecule has 3 aromatic rings. The highest BCUT2D eigenvalue weighted by atomic mass is 16.2. The summed E-state index contributed by atoms with van der Waals surface area (Å²) < 4.78 is 2.82. The number of rotatable bonds is 7. The molecule has 3 rings (SSSR count). The Bertz CT molecular complexity index is 1060. The number of hydrogen-bond acceptors (Lipinski definition) is 5. The average Bonchev–Trinajstić information content (AvgIpc) is 3.24. The van der Waals surface area contributed by atoms with Gasteiger partial charge in [0.15, 0.2) is 0 Å². The Morgan fingerprint density at radius 2 is 1.86 bits per heavy atom. The van der Waals surface area contributed by atoms with Gasteiger partial charge in [0.2, 0.25) is 5.91 Å². The maximum atomic E-state index is 12.5. The largest absolute Gasteiger partial charge is 0.324 e. The van der Waals surface area contributed by atoms with Gasteiger partial charge in [-0.15, -0.1) is 0 Å².